The highest BCUT2D eigenvalue weighted by Crippen LogP contribution is 2.06. The zero-order valence-corrected chi connectivity index (χ0v) is 13.2. The number of alkyl carbamates (subject to hydrolysis) is 1. The van der Waals surface area contributed by atoms with Crippen molar-refractivity contribution in [3.8, 4) is 0 Å². The van der Waals surface area contributed by atoms with E-state index in [4.69, 9.17) is 16.3 Å². The Morgan fingerprint density at radius 1 is 1.24 bits per heavy atom. The Morgan fingerprint density at radius 3 is 2.48 bits per heavy atom. The Morgan fingerprint density at radius 2 is 1.90 bits per heavy atom. The van der Waals surface area contributed by atoms with E-state index in [1.54, 1.807) is 32.9 Å². The normalized spacial score (nSPS) is 10.9. The molecule has 0 aliphatic heterocycles. The molecule has 7 heteroatoms. The zero-order valence-electron chi connectivity index (χ0n) is 12.4. The topological polar surface area (TPSA) is 80.3 Å². The van der Waals surface area contributed by atoms with Gasteiger partial charge >= 0.3 is 6.09 Å². The van der Waals surface area contributed by atoms with Gasteiger partial charge in [-0.2, -0.15) is 0 Å². The lowest BCUT2D eigenvalue weighted by atomic mass is 10.2. The van der Waals surface area contributed by atoms with E-state index in [0.717, 1.165) is 0 Å². The van der Waals surface area contributed by atoms with Crippen molar-refractivity contribution < 1.29 is 14.3 Å². The van der Waals surface area contributed by atoms with E-state index in [-0.39, 0.29) is 5.91 Å². The van der Waals surface area contributed by atoms with Gasteiger partial charge in [0.25, 0.3) is 5.91 Å². The number of ether oxygens (including phenoxy) is 1. The summed E-state index contributed by atoms with van der Waals surface area (Å²) in [5, 5.41) is 5.69. The molecule has 1 heterocycles. The predicted octanol–water partition coefficient (Wildman–Crippen LogP) is 2.38. The van der Waals surface area contributed by atoms with Crippen LogP contribution in [0.3, 0.4) is 0 Å². The summed E-state index contributed by atoms with van der Waals surface area (Å²) in [6.07, 6.45) is 1.55. The largest absolute Gasteiger partial charge is 0.444 e. The Labute approximate surface area is 129 Å². The summed E-state index contributed by atoms with van der Waals surface area (Å²) in [6.45, 7) is 6.26. The van der Waals surface area contributed by atoms with Gasteiger partial charge in [-0.25, -0.2) is 9.78 Å². The van der Waals surface area contributed by atoms with Gasteiger partial charge in [-0.3, -0.25) is 4.79 Å². The number of nitrogens with zero attached hydrogens (tertiary/aromatic N) is 1. The lowest BCUT2D eigenvalue weighted by molar-refractivity contribution is 0.0527. The molecule has 1 aromatic rings. The summed E-state index contributed by atoms with van der Waals surface area (Å²) < 4.78 is 5.09. The third-order valence-corrected chi connectivity index (χ3v) is 2.52. The molecule has 6 nitrogen and oxygen atoms in total. The molecule has 0 bridgehead atoms. The monoisotopic (exact) mass is 313 g/mol. The number of amides is 2. The number of aromatic nitrogens is 1. The van der Waals surface area contributed by atoms with Gasteiger partial charge in [-0.15, -0.1) is 0 Å². The smallest absolute Gasteiger partial charge is 0.407 e. The molecule has 0 radical (unpaired) electrons. The number of nitrogens with one attached hydrogen (secondary N) is 2. The van der Waals surface area contributed by atoms with Crippen LogP contribution in [-0.2, 0) is 4.74 Å². The van der Waals surface area contributed by atoms with Gasteiger partial charge < -0.3 is 15.4 Å². The number of hydrogen-bond acceptors (Lipinski definition) is 4. The second kappa shape index (κ2) is 7.83. The maximum absolute atomic E-state index is 11.7. The molecule has 0 unspecified atom stereocenters. The van der Waals surface area contributed by atoms with Crippen molar-refractivity contribution in [2.75, 3.05) is 13.1 Å². The number of halogens is 1. The number of hydrogen-bond donors (Lipinski definition) is 2. The first-order chi connectivity index (χ1) is 9.78. The van der Waals surface area contributed by atoms with Crippen LogP contribution in [0, 0.1) is 0 Å². The van der Waals surface area contributed by atoms with Gasteiger partial charge in [0.2, 0.25) is 0 Å². The van der Waals surface area contributed by atoms with E-state index in [1.165, 1.54) is 6.20 Å². The Balaban J connectivity index is 2.18. The van der Waals surface area contributed by atoms with Crippen molar-refractivity contribution in [3.05, 3.63) is 29.0 Å². The third kappa shape index (κ3) is 7.51. The second-order valence-electron chi connectivity index (χ2n) is 5.41. The highest BCUT2D eigenvalue weighted by atomic mass is 35.5. The summed E-state index contributed by atoms with van der Waals surface area (Å²) >= 11 is 5.64. The first kappa shape index (κ1) is 17.2. The maximum Gasteiger partial charge on any atom is 0.407 e. The minimum atomic E-state index is -0.514. The minimum absolute atomic E-state index is 0.226. The van der Waals surface area contributed by atoms with Crippen LogP contribution in [0.5, 0.6) is 0 Å². The fraction of sp³-hybridized carbons (Fsp3) is 0.500. The number of carbonyl (C=O) groups is 2. The fourth-order valence-electron chi connectivity index (χ4n) is 1.41. The van der Waals surface area contributed by atoms with Crippen LogP contribution in [0.15, 0.2) is 18.3 Å². The SMILES string of the molecule is CC(C)(C)OC(=O)NCCCNC(=O)c1ccc(Cl)nc1. The highest BCUT2D eigenvalue weighted by molar-refractivity contribution is 6.29. The highest BCUT2D eigenvalue weighted by Gasteiger charge is 2.15. The molecular weight excluding hydrogens is 294 g/mol. The van der Waals surface area contributed by atoms with Crippen LogP contribution in [0.1, 0.15) is 37.6 Å². The average Bonchev–Trinajstić information content (AvgIpc) is 2.36. The van der Waals surface area contributed by atoms with Gasteiger partial charge in [0.1, 0.15) is 10.8 Å². The number of rotatable bonds is 5. The van der Waals surface area contributed by atoms with Crippen LogP contribution in [0.2, 0.25) is 5.15 Å². The van der Waals surface area contributed by atoms with Crippen molar-refractivity contribution in [2.45, 2.75) is 32.8 Å². The molecule has 0 atom stereocenters. The molecule has 0 saturated heterocycles. The maximum atomic E-state index is 11.7. The average molecular weight is 314 g/mol. The molecule has 1 rings (SSSR count). The molecule has 0 aliphatic rings. The molecule has 21 heavy (non-hydrogen) atoms. The van der Waals surface area contributed by atoms with E-state index in [2.05, 4.69) is 15.6 Å². The Hall–Kier alpha value is -1.82. The summed E-state index contributed by atoms with van der Waals surface area (Å²) in [4.78, 5) is 26.9. The predicted molar refractivity (Wildman–Crippen MR) is 80.4 cm³/mol. The van der Waals surface area contributed by atoms with E-state index in [1.807, 2.05) is 0 Å². The molecule has 116 valence electrons. The number of carbonyl (C=O) groups excluding carboxylic acids is 2. The summed E-state index contributed by atoms with van der Waals surface area (Å²) in [7, 11) is 0. The van der Waals surface area contributed by atoms with Crippen LogP contribution < -0.4 is 10.6 Å². The van der Waals surface area contributed by atoms with Crippen LogP contribution in [-0.4, -0.2) is 35.7 Å². The van der Waals surface area contributed by atoms with Crippen molar-refractivity contribution in [1.29, 1.82) is 0 Å². The molecule has 0 spiro atoms. The van der Waals surface area contributed by atoms with Crippen LogP contribution >= 0.6 is 11.6 Å². The standard InChI is InChI=1S/C14H20ClN3O3/c1-14(2,3)21-13(20)17-8-4-7-16-12(19)10-5-6-11(15)18-9-10/h5-6,9H,4,7-8H2,1-3H3,(H,16,19)(H,17,20). The second-order valence-corrected chi connectivity index (χ2v) is 5.79. The number of pyridine rings is 1. The van der Waals surface area contributed by atoms with Crippen molar-refractivity contribution in [2.24, 2.45) is 0 Å². The molecular formula is C14H20ClN3O3. The molecule has 0 saturated carbocycles. The van der Waals surface area contributed by atoms with Crippen LogP contribution in [0.25, 0.3) is 0 Å². The first-order valence-corrected chi connectivity index (χ1v) is 7.02. The molecule has 1 aromatic heterocycles. The fourth-order valence-corrected chi connectivity index (χ4v) is 1.52. The zero-order chi connectivity index (χ0) is 15.9. The van der Waals surface area contributed by atoms with Crippen molar-refractivity contribution in [3.63, 3.8) is 0 Å². The van der Waals surface area contributed by atoms with Crippen molar-refractivity contribution in [1.82, 2.24) is 15.6 Å². The Kier molecular flexibility index (Phi) is 6.42. The molecule has 2 N–H and O–H groups in total. The van der Waals surface area contributed by atoms with Gasteiger partial charge in [-0.05, 0) is 39.3 Å². The molecule has 0 aliphatic carbocycles. The first-order valence-electron chi connectivity index (χ1n) is 6.64. The quantitative estimate of drug-likeness (QED) is 0.646. The molecule has 0 aromatic carbocycles. The molecule has 0 fully saturated rings. The van der Waals surface area contributed by atoms with E-state index < -0.39 is 11.7 Å². The lowest BCUT2D eigenvalue weighted by Crippen LogP contribution is -2.34. The summed E-state index contributed by atoms with van der Waals surface area (Å²) in [5.41, 5.74) is -0.0700. The van der Waals surface area contributed by atoms with Gasteiger partial charge in [0.15, 0.2) is 0 Å². The van der Waals surface area contributed by atoms with Gasteiger partial charge in [-0.1, -0.05) is 11.6 Å². The summed E-state index contributed by atoms with van der Waals surface area (Å²) in [6, 6.07) is 3.16. The Bertz CT molecular complexity index is 483. The van der Waals surface area contributed by atoms with E-state index in [9.17, 15) is 9.59 Å². The van der Waals surface area contributed by atoms with Crippen molar-refractivity contribution >= 4 is 23.6 Å². The lowest BCUT2D eigenvalue weighted by Gasteiger charge is -2.19. The van der Waals surface area contributed by atoms with E-state index in [0.29, 0.717) is 30.2 Å². The van der Waals surface area contributed by atoms with Gasteiger partial charge in [0, 0.05) is 19.3 Å². The molecule has 2 amide bonds. The van der Waals surface area contributed by atoms with E-state index >= 15 is 0 Å². The minimum Gasteiger partial charge on any atom is -0.444 e. The summed E-state index contributed by atoms with van der Waals surface area (Å²) in [5.74, 6) is -0.226. The van der Waals surface area contributed by atoms with Crippen LogP contribution in [0.4, 0.5) is 4.79 Å². The third-order valence-electron chi connectivity index (χ3n) is 2.30. The van der Waals surface area contributed by atoms with Gasteiger partial charge in [0.05, 0.1) is 5.56 Å².